The molecular formula is C14H14N4O2S. The second-order valence-electron chi connectivity index (χ2n) is 4.28. The van der Waals surface area contributed by atoms with Gasteiger partial charge in [-0.2, -0.15) is 5.26 Å². The lowest BCUT2D eigenvalue weighted by Gasteiger charge is -2.06. The van der Waals surface area contributed by atoms with E-state index in [-0.39, 0.29) is 18.3 Å². The SMILES string of the molecule is Cn1c(CO)cnc1SCC(=O)Nc1cccc(C#N)c1. The average Bonchev–Trinajstić information content (AvgIpc) is 2.85. The van der Waals surface area contributed by atoms with Gasteiger partial charge in [0.15, 0.2) is 5.16 Å². The van der Waals surface area contributed by atoms with Crippen LogP contribution < -0.4 is 5.32 Å². The zero-order valence-corrected chi connectivity index (χ0v) is 12.2. The summed E-state index contributed by atoms with van der Waals surface area (Å²) in [6, 6.07) is 8.76. The van der Waals surface area contributed by atoms with Gasteiger partial charge in [-0.3, -0.25) is 4.79 Å². The predicted molar refractivity (Wildman–Crippen MR) is 79.6 cm³/mol. The van der Waals surface area contributed by atoms with Gasteiger partial charge in [0.1, 0.15) is 0 Å². The number of nitriles is 1. The summed E-state index contributed by atoms with van der Waals surface area (Å²) in [5.41, 5.74) is 1.78. The summed E-state index contributed by atoms with van der Waals surface area (Å²) in [6.07, 6.45) is 1.58. The number of aliphatic hydroxyl groups is 1. The molecular weight excluding hydrogens is 288 g/mol. The number of nitrogens with one attached hydrogen (secondary N) is 1. The molecule has 2 rings (SSSR count). The molecule has 0 radical (unpaired) electrons. The van der Waals surface area contributed by atoms with Gasteiger partial charge in [0.25, 0.3) is 0 Å². The van der Waals surface area contributed by atoms with E-state index in [1.807, 2.05) is 6.07 Å². The van der Waals surface area contributed by atoms with Crippen molar-refractivity contribution < 1.29 is 9.90 Å². The third-order valence-electron chi connectivity index (χ3n) is 2.81. The molecule has 0 fully saturated rings. The van der Waals surface area contributed by atoms with Crippen LogP contribution in [0.5, 0.6) is 0 Å². The van der Waals surface area contributed by atoms with Crippen LogP contribution in [-0.4, -0.2) is 26.3 Å². The van der Waals surface area contributed by atoms with Crippen molar-refractivity contribution in [3.05, 3.63) is 41.7 Å². The molecule has 7 heteroatoms. The summed E-state index contributed by atoms with van der Waals surface area (Å²) in [5, 5.41) is 21.3. The van der Waals surface area contributed by atoms with E-state index in [1.54, 1.807) is 42.1 Å². The standard InChI is InChI=1S/C14H14N4O2S/c1-18-12(8-19)7-16-14(18)21-9-13(20)17-11-4-2-3-10(5-11)6-15/h2-5,7,19H,8-9H2,1H3,(H,17,20). The van der Waals surface area contributed by atoms with Gasteiger partial charge in [-0.25, -0.2) is 4.98 Å². The predicted octanol–water partition coefficient (Wildman–Crippen LogP) is 1.51. The molecule has 0 aliphatic rings. The molecule has 0 spiro atoms. The van der Waals surface area contributed by atoms with Crippen LogP contribution in [0.4, 0.5) is 5.69 Å². The largest absolute Gasteiger partial charge is 0.390 e. The number of aromatic nitrogens is 2. The number of carbonyl (C=O) groups excluding carboxylic acids is 1. The maximum atomic E-state index is 11.9. The second-order valence-corrected chi connectivity index (χ2v) is 5.22. The number of benzene rings is 1. The highest BCUT2D eigenvalue weighted by Crippen LogP contribution is 2.18. The van der Waals surface area contributed by atoms with Gasteiger partial charge in [0, 0.05) is 12.7 Å². The Morgan fingerprint density at radius 1 is 1.57 bits per heavy atom. The van der Waals surface area contributed by atoms with E-state index in [9.17, 15) is 4.79 Å². The van der Waals surface area contributed by atoms with E-state index >= 15 is 0 Å². The normalized spacial score (nSPS) is 10.1. The van der Waals surface area contributed by atoms with Gasteiger partial charge in [-0.15, -0.1) is 0 Å². The Labute approximate surface area is 126 Å². The van der Waals surface area contributed by atoms with Crippen LogP contribution in [0.1, 0.15) is 11.3 Å². The van der Waals surface area contributed by atoms with Crippen LogP contribution in [0.2, 0.25) is 0 Å². The molecule has 1 aromatic carbocycles. The number of amides is 1. The summed E-state index contributed by atoms with van der Waals surface area (Å²) < 4.78 is 1.74. The Morgan fingerprint density at radius 2 is 2.38 bits per heavy atom. The lowest BCUT2D eigenvalue weighted by Crippen LogP contribution is -2.14. The van der Waals surface area contributed by atoms with Crippen molar-refractivity contribution in [2.24, 2.45) is 7.05 Å². The van der Waals surface area contributed by atoms with E-state index in [4.69, 9.17) is 10.4 Å². The van der Waals surface area contributed by atoms with Crippen LogP contribution >= 0.6 is 11.8 Å². The molecule has 108 valence electrons. The maximum Gasteiger partial charge on any atom is 0.234 e. The fraction of sp³-hybridized carbons (Fsp3) is 0.214. The van der Waals surface area contributed by atoms with Crippen LogP contribution in [0, 0.1) is 11.3 Å². The third kappa shape index (κ3) is 3.84. The number of hydrogen-bond acceptors (Lipinski definition) is 5. The van der Waals surface area contributed by atoms with Crippen molar-refractivity contribution in [3.8, 4) is 6.07 Å². The highest BCUT2D eigenvalue weighted by atomic mass is 32.2. The van der Waals surface area contributed by atoms with Crippen LogP contribution in [0.25, 0.3) is 0 Å². The quantitative estimate of drug-likeness (QED) is 0.817. The highest BCUT2D eigenvalue weighted by Gasteiger charge is 2.09. The Bertz CT molecular complexity index is 691. The molecule has 0 saturated carbocycles. The molecule has 21 heavy (non-hydrogen) atoms. The average molecular weight is 302 g/mol. The van der Waals surface area contributed by atoms with E-state index in [1.165, 1.54) is 11.8 Å². The first-order valence-electron chi connectivity index (χ1n) is 6.18. The minimum absolute atomic E-state index is 0.0861. The molecule has 0 unspecified atom stereocenters. The topological polar surface area (TPSA) is 90.9 Å². The van der Waals surface area contributed by atoms with Gasteiger partial charge in [-0.1, -0.05) is 17.8 Å². The summed E-state index contributed by atoms with van der Waals surface area (Å²) in [4.78, 5) is 16.0. The first kappa shape index (κ1) is 15.1. The van der Waals surface area contributed by atoms with Crippen molar-refractivity contribution >= 4 is 23.4 Å². The maximum absolute atomic E-state index is 11.9. The molecule has 0 aliphatic heterocycles. The van der Waals surface area contributed by atoms with Crippen molar-refractivity contribution in [1.82, 2.24) is 9.55 Å². The Balaban J connectivity index is 1.93. The molecule has 1 aromatic heterocycles. The lowest BCUT2D eigenvalue weighted by molar-refractivity contribution is -0.113. The zero-order chi connectivity index (χ0) is 15.2. The van der Waals surface area contributed by atoms with Crippen molar-refractivity contribution in [1.29, 1.82) is 5.26 Å². The van der Waals surface area contributed by atoms with Gasteiger partial charge in [0.05, 0.1) is 35.9 Å². The number of aliphatic hydroxyl groups excluding tert-OH is 1. The molecule has 0 aliphatic carbocycles. The van der Waals surface area contributed by atoms with Crippen molar-refractivity contribution in [2.75, 3.05) is 11.1 Å². The molecule has 0 bridgehead atoms. The minimum atomic E-state index is -0.177. The van der Waals surface area contributed by atoms with Crippen molar-refractivity contribution in [3.63, 3.8) is 0 Å². The second kappa shape index (κ2) is 6.92. The van der Waals surface area contributed by atoms with Crippen LogP contribution in [-0.2, 0) is 18.4 Å². The fourth-order valence-electron chi connectivity index (χ4n) is 1.70. The number of imidazole rings is 1. The van der Waals surface area contributed by atoms with Crippen molar-refractivity contribution in [2.45, 2.75) is 11.8 Å². The third-order valence-corrected chi connectivity index (χ3v) is 3.86. The number of carbonyl (C=O) groups is 1. The summed E-state index contributed by atoms with van der Waals surface area (Å²) in [5.74, 6) is 0.0237. The molecule has 6 nitrogen and oxygen atoms in total. The summed E-state index contributed by atoms with van der Waals surface area (Å²) >= 11 is 1.28. The summed E-state index contributed by atoms with van der Waals surface area (Å²) in [6.45, 7) is -0.0861. The first-order valence-corrected chi connectivity index (χ1v) is 7.17. The molecule has 2 aromatic rings. The van der Waals surface area contributed by atoms with E-state index in [2.05, 4.69) is 10.3 Å². The molecule has 2 N–H and O–H groups in total. The van der Waals surface area contributed by atoms with E-state index in [0.717, 1.165) is 0 Å². The fourth-order valence-corrected chi connectivity index (χ4v) is 2.47. The monoisotopic (exact) mass is 302 g/mol. The smallest absolute Gasteiger partial charge is 0.234 e. The van der Waals surface area contributed by atoms with Gasteiger partial charge in [-0.05, 0) is 18.2 Å². The Morgan fingerprint density at radius 3 is 3.05 bits per heavy atom. The number of rotatable bonds is 5. The number of thioether (sulfide) groups is 1. The van der Waals surface area contributed by atoms with Gasteiger partial charge in [0.2, 0.25) is 5.91 Å². The highest BCUT2D eigenvalue weighted by molar-refractivity contribution is 7.99. The summed E-state index contributed by atoms with van der Waals surface area (Å²) in [7, 11) is 1.79. The van der Waals surface area contributed by atoms with Gasteiger partial charge < -0.3 is 15.0 Å². The Hall–Kier alpha value is -2.30. The molecule has 1 amide bonds. The zero-order valence-electron chi connectivity index (χ0n) is 11.4. The molecule has 0 saturated heterocycles. The van der Waals surface area contributed by atoms with E-state index < -0.39 is 0 Å². The lowest BCUT2D eigenvalue weighted by atomic mass is 10.2. The Kier molecular flexibility index (Phi) is 4.98. The minimum Gasteiger partial charge on any atom is -0.390 e. The number of anilines is 1. The van der Waals surface area contributed by atoms with Crippen LogP contribution in [0.15, 0.2) is 35.6 Å². The van der Waals surface area contributed by atoms with Crippen LogP contribution in [0.3, 0.4) is 0 Å². The molecule has 0 atom stereocenters. The first-order chi connectivity index (χ1) is 10.1. The molecule has 1 heterocycles. The number of nitrogens with zero attached hydrogens (tertiary/aromatic N) is 3. The number of hydrogen-bond donors (Lipinski definition) is 2. The van der Waals surface area contributed by atoms with Gasteiger partial charge >= 0.3 is 0 Å². The van der Waals surface area contributed by atoms with E-state index in [0.29, 0.717) is 22.1 Å².